The van der Waals surface area contributed by atoms with Gasteiger partial charge in [-0.1, -0.05) is 13.8 Å². The Balaban J connectivity index is 1.79. The predicted octanol–water partition coefficient (Wildman–Crippen LogP) is -2.12. The Labute approximate surface area is 209 Å². The average Bonchev–Trinajstić information content (AvgIpc) is 3.06. The normalized spacial score (nSPS) is 44.8. The number of aliphatic hydroxyl groups is 7. The van der Waals surface area contributed by atoms with Crippen LogP contribution in [-0.4, -0.2) is 122 Å². The van der Waals surface area contributed by atoms with Gasteiger partial charge in [-0.2, -0.15) is 0 Å². The van der Waals surface area contributed by atoms with Crippen LogP contribution in [0, 0.1) is 5.41 Å². The smallest absolute Gasteiger partial charge is 0.187 e. The van der Waals surface area contributed by atoms with Crippen LogP contribution in [0.5, 0.6) is 0 Å². The maximum Gasteiger partial charge on any atom is 0.187 e. The van der Waals surface area contributed by atoms with Crippen molar-refractivity contribution >= 4 is 5.78 Å². The van der Waals surface area contributed by atoms with E-state index >= 15 is 0 Å². The molecule has 3 aliphatic rings. The number of aliphatic hydroxyl groups excluding tert-OH is 6. The highest BCUT2D eigenvalue weighted by atomic mass is 16.7. The SMILES string of the molecule is CC(=O)C=C=C1C(C)(C)C[C@@H](O)C[C@@]1(C)O[C@@H]1O[C@H](CO[C@H]2OC[C@](O)(CO)[C@H]2O)[C@@H](O)[C@H](O)[C@H]1O. The minimum Gasteiger partial charge on any atom is -0.393 e. The Bertz CT molecular complexity index is 869. The minimum atomic E-state index is -1.91. The third-order valence-electron chi connectivity index (χ3n) is 7.05. The predicted molar refractivity (Wildman–Crippen MR) is 121 cm³/mol. The van der Waals surface area contributed by atoms with Crippen molar-refractivity contribution in [1.29, 1.82) is 0 Å². The summed E-state index contributed by atoms with van der Waals surface area (Å²) in [6, 6.07) is 0. The van der Waals surface area contributed by atoms with Crippen molar-refractivity contribution in [2.45, 2.75) is 101 Å². The summed E-state index contributed by atoms with van der Waals surface area (Å²) in [7, 11) is 0. The van der Waals surface area contributed by atoms with E-state index < -0.39 is 79.0 Å². The number of hydrogen-bond acceptors (Lipinski definition) is 12. The van der Waals surface area contributed by atoms with Gasteiger partial charge in [-0.05, 0) is 25.7 Å². The molecule has 0 aromatic heterocycles. The quantitative estimate of drug-likeness (QED) is 0.143. The van der Waals surface area contributed by atoms with Crippen LogP contribution in [0.25, 0.3) is 0 Å². The molecule has 1 aliphatic carbocycles. The molecule has 2 heterocycles. The molecular formula is C24H38O12. The number of ether oxygens (including phenoxy) is 4. The standard InChI is InChI=1S/C24H38O12/c1-12(26)5-6-15-22(2,3)7-13(27)8-23(15,4)36-20-18(30)17(29)16(28)14(35-20)9-33-21-19(31)24(32,10-25)11-34-21/h5,13-14,16-21,25,27-32H,7-11H2,1-4H3/t6?,13-,14-,16-,17+,18-,19+,20+,21+,23-,24-/m1/s1. The Morgan fingerprint density at radius 3 is 2.33 bits per heavy atom. The summed E-state index contributed by atoms with van der Waals surface area (Å²) in [5.74, 6) is -0.235. The lowest BCUT2D eigenvalue weighted by molar-refractivity contribution is -0.331. The van der Waals surface area contributed by atoms with Gasteiger partial charge in [0.25, 0.3) is 0 Å². The van der Waals surface area contributed by atoms with Crippen molar-refractivity contribution in [3.05, 3.63) is 17.4 Å². The van der Waals surface area contributed by atoms with Gasteiger partial charge in [0.05, 0.1) is 31.5 Å². The second-order valence-electron chi connectivity index (χ2n) is 10.8. The van der Waals surface area contributed by atoms with Crippen LogP contribution >= 0.6 is 0 Å². The molecule has 0 aromatic carbocycles. The molecule has 12 heteroatoms. The molecular weight excluding hydrogens is 480 g/mol. The molecule has 3 rings (SSSR count). The zero-order valence-corrected chi connectivity index (χ0v) is 20.9. The van der Waals surface area contributed by atoms with Gasteiger partial charge in [0, 0.05) is 18.1 Å². The first-order valence-corrected chi connectivity index (χ1v) is 11.9. The van der Waals surface area contributed by atoms with E-state index in [2.05, 4.69) is 5.73 Å². The molecule has 206 valence electrons. The number of rotatable bonds is 7. The second-order valence-corrected chi connectivity index (χ2v) is 10.8. The Morgan fingerprint density at radius 2 is 1.75 bits per heavy atom. The molecule has 10 atom stereocenters. The van der Waals surface area contributed by atoms with Gasteiger partial charge >= 0.3 is 0 Å². The molecule has 0 radical (unpaired) electrons. The van der Waals surface area contributed by atoms with Crippen molar-refractivity contribution in [2.24, 2.45) is 5.41 Å². The Kier molecular flexibility index (Phi) is 8.84. The maximum absolute atomic E-state index is 11.6. The molecule has 7 N–H and O–H groups in total. The number of carbonyl (C=O) groups excluding carboxylic acids is 1. The van der Waals surface area contributed by atoms with E-state index in [0.29, 0.717) is 12.0 Å². The second kappa shape index (κ2) is 10.9. The summed E-state index contributed by atoms with van der Waals surface area (Å²) >= 11 is 0. The van der Waals surface area contributed by atoms with Gasteiger partial charge < -0.3 is 54.7 Å². The third kappa shape index (κ3) is 5.91. The lowest BCUT2D eigenvalue weighted by Crippen LogP contribution is -2.62. The lowest BCUT2D eigenvalue weighted by Gasteiger charge is -2.50. The molecule has 0 spiro atoms. The van der Waals surface area contributed by atoms with Crippen molar-refractivity contribution < 1.29 is 59.5 Å². The first-order valence-electron chi connectivity index (χ1n) is 11.9. The number of ketones is 1. The first-order chi connectivity index (χ1) is 16.6. The van der Waals surface area contributed by atoms with Crippen LogP contribution in [0.1, 0.15) is 40.5 Å². The molecule has 3 fully saturated rings. The van der Waals surface area contributed by atoms with Crippen molar-refractivity contribution in [2.75, 3.05) is 19.8 Å². The molecule has 36 heavy (non-hydrogen) atoms. The van der Waals surface area contributed by atoms with Gasteiger partial charge in [-0.3, -0.25) is 4.79 Å². The van der Waals surface area contributed by atoms with Crippen LogP contribution in [0.4, 0.5) is 0 Å². The third-order valence-corrected chi connectivity index (χ3v) is 7.05. The van der Waals surface area contributed by atoms with Crippen LogP contribution in [-0.2, 0) is 23.7 Å². The number of hydrogen-bond donors (Lipinski definition) is 7. The largest absolute Gasteiger partial charge is 0.393 e. The number of carbonyl (C=O) groups is 1. The van der Waals surface area contributed by atoms with E-state index in [0.717, 1.165) is 0 Å². The highest BCUT2D eigenvalue weighted by molar-refractivity contribution is 5.87. The summed E-state index contributed by atoms with van der Waals surface area (Å²) < 4.78 is 22.5. The van der Waals surface area contributed by atoms with Gasteiger partial charge in [-0.25, -0.2) is 0 Å². The summed E-state index contributed by atoms with van der Waals surface area (Å²) in [6.45, 7) is 5.19. The van der Waals surface area contributed by atoms with Gasteiger partial charge in [0.1, 0.15) is 36.1 Å². The first kappa shape index (κ1) is 29.3. The van der Waals surface area contributed by atoms with E-state index in [-0.39, 0.29) is 18.8 Å². The molecule has 0 unspecified atom stereocenters. The molecule has 0 bridgehead atoms. The van der Waals surface area contributed by atoms with E-state index in [1.54, 1.807) is 6.92 Å². The molecule has 0 aromatic rings. The fraction of sp³-hybridized carbons (Fsp3) is 0.833. The average molecular weight is 519 g/mol. The fourth-order valence-corrected chi connectivity index (χ4v) is 5.19. The Morgan fingerprint density at radius 1 is 1.08 bits per heavy atom. The Hall–Kier alpha value is -1.25. The lowest BCUT2D eigenvalue weighted by atomic mass is 9.65. The summed E-state index contributed by atoms with van der Waals surface area (Å²) in [4.78, 5) is 11.6. The van der Waals surface area contributed by atoms with Crippen molar-refractivity contribution in [3.63, 3.8) is 0 Å². The molecule has 2 aliphatic heterocycles. The maximum atomic E-state index is 11.6. The van der Waals surface area contributed by atoms with Crippen molar-refractivity contribution in [3.8, 4) is 0 Å². The fourth-order valence-electron chi connectivity index (χ4n) is 5.19. The monoisotopic (exact) mass is 518 g/mol. The van der Waals surface area contributed by atoms with Gasteiger partial charge in [0.15, 0.2) is 18.4 Å². The van der Waals surface area contributed by atoms with Crippen LogP contribution in [0.15, 0.2) is 17.4 Å². The highest BCUT2D eigenvalue weighted by Crippen LogP contribution is 2.48. The minimum absolute atomic E-state index is 0.0960. The van der Waals surface area contributed by atoms with Crippen LogP contribution in [0.3, 0.4) is 0 Å². The zero-order chi connectivity index (χ0) is 27.1. The van der Waals surface area contributed by atoms with Gasteiger partial charge in [0.2, 0.25) is 0 Å². The molecule has 0 amide bonds. The topological polar surface area (TPSA) is 196 Å². The van der Waals surface area contributed by atoms with Gasteiger partial charge in [-0.15, -0.1) is 5.73 Å². The van der Waals surface area contributed by atoms with Crippen LogP contribution < -0.4 is 0 Å². The van der Waals surface area contributed by atoms with E-state index in [4.69, 9.17) is 18.9 Å². The van der Waals surface area contributed by atoms with E-state index in [9.17, 15) is 40.5 Å². The van der Waals surface area contributed by atoms with E-state index in [1.807, 2.05) is 13.8 Å². The van der Waals surface area contributed by atoms with Crippen molar-refractivity contribution in [1.82, 2.24) is 0 Å². The summed E-state index contributed by atoms with van der Waals surface area (Å²) in [5.41, 5.74) is -0.245. The summed E-state index contributed by atoms with van der Waals surface area (Å²) in [6.07, 6.45) is -9.58. The molecule has 2 saturated heterocycles. The molecule has 12 nitrogen and oxygen atoms in total. The zero-order valence-electron chi connectivity index (χ0n) is 20.9. The highest BCUT2D eigenvalue weighted by Gasteiger charge is 2.53. The van der Waals surface area contributed by atoms with Crippen LogP contribution in [0.2, 0.25) is 0 Å². The van der Waals surface area contributed by atoms with E-state index in [1.165, 1.54) is 13.0 Å². The summed E-state index contributed by atoms with van der Waals surface area (Å²) in [5, 5.41) is 71.6. The molecule has 1 saturated carbocycles.